The lowest BCUT2D eigenvalue weighted by molar-refractivity contribution is 0.215. The van der Waals surface area contributed by atoms with E-state index >= 15 is 0 Å². The normalized spacial score (nSPS) is 16.9. The highest BCUT2D eigenvalue weighted by molar-refractivity contribution is 5.17. The minimum atomic E-state index is 0.367. The Morgan fingerprint density at radius 3 is 2.21 bits per heavy atom. The molecular weight excluding hydrogens is 232 g/mol. The van der Waals surface area contributed by atoms with Gasteiger partial charge in [0.25, 0.3) is 0 Å². The molecule has 3 unspecified atom stereocenters. The molecule has 0 aromatic carbocycles. The van der Waals surface area contributed by atoms with E-state index in [1.807, 2.05) is 12.4 Å². The van der Waals surface area contributed by atoms with Gasteiger partial charge >= 0.3 is 0 Å². The maximum absolute atomic E-state index is 4.11. The van der Waals surface area contributed by atoms with E-state index in [9.17, 15) is 0 Å². The molecular formula is C17H30N2. The quantitative estimate of drug-likeness (QED) is 0.829. The summed E-state index contributed by atoms with van der Waals surface area (Å²) >= 11 is 0. The molecule has 1 aromatic rings. The fourth-order valence-electron chi connectivity index (χ4n) is 2.36. The summed E-state index contributed by atoms with van der Waals surface area (Å²) in [6, 6.07) is 4.80. The Labute approximate surface area is 119 Å². The lowest BCUT2D eigenvalue weighted by Gasteiger charge is -2.34. The van der Waals surface area contributed by atoms with Gasteiger partial charge in [-0.1, -0.05) is 41.5 Å². The highest BCUT2D eigenvalue weighted by Gasteiger charge is 2.26. The average molecular weight is 262 g/mol. The van der Waals surface area contributed by atoms with Crippen molar-refractivity contribution in [2.75, 3.05) is 6.54 Å². The van der Waals surface area contributed by atoms with Crippen molar-refractivity contribution in [3.05, 3.63) is 30.1 Å². The summed E-state index contributed by atoms with van der Waals surface area (Å²) < 4.78 is 0. The van der Waals surface area contributed by atoms with Crippen LogP contribution in [0.5, 0.6) is 0 Å². The summed E-state index contributed by atoms with van der Waals surface area (Å²) in [5.41, 5.74) is 1.74. The molecule has 1 rings (SSSR count). The Morgan fingerprint density at radius 2 is 1.74 bits per heavy atom. The monoisotopic (exact) mass is 262 g/mol. The molecule has 0 aliphatic carbocycles. The van der Waals surface area contributed by atoms with Crippen molar-refractivity contribution in [1.82, 2.24) is 10.3 Å². The molecule has 1 N–H and O–H groups in total. The third-order valence-corrected chi connectivity index (χ3v) is 4.39. The zero-order valence-electron chi connectivity index (χ0n) is 13.4. The summed E-state index contributed by atoms with van der Waals surface area (Å²) in [5, 5.41) is 3.66. The van der Waals surface area contributed by atoms with E-state index in [1.165, 1.54) is 12.0 Å². The Balaban J connectivity index is 2.77. The molecule has 108 valence electrons. The van der Waals surface area contributed by atoms with Gasteiger partial charge in [0.05, 0.1) is 0 Å². The van der Waals surface area contributed by atoms with Crippen LogP contribution in [0.25, 0.3) is 0 Å². The Kier molecular flexibility index (Phi) is 5.99. The highest BCUT2D eigenvalue weighted by Crippen LogP contribution is 2.32. The minimum Gasteiger partial charge on any atom is -0.314 e. The van der Waals surface area contributed by atoms with Gasteiger partial charge in [0, 0.05) is 18.4 Å². The van der Waals surface area contributed by atoms with E-state index in [4.69, 9.17) is 0 Å². The topological polar surface area (TPSA) is 24.9 Å². The molecule has 0 amide bonds. The summed E-state index contributed by atoms with van der Waals surface area (Å²) in [7, 11) is 0. The molecule has 0 radical (unpaired) electrons. The largest absolute Gasteiger partial charge is 0.314 e. The molecule has 0 saturated heterocycles. The van der Waals surface area contributed by atoms with Crippen molar-refractivity contribution in [1.29, 1.82) is 0 Å². The van der Waals surface area contributed by atoms with Gasteiger partial charge in [0.15, 0.2) is 0 Å². The molecule has 2 nitrogen and oxygen atoms in total. The highest BCUT2D eigenvalue weighted by atomic mass is 14.9. The number of aromatic nitrogens is 1. The third-order valence-electron chi connectivity index (χ3n) is 4.39. The first-order chi connectivity index (χ1) is 8.86. The zero-order chi connectivity index (χ0) is 14.5. The second-order valence-corrected chi connectivity index (χ2v) is 6.74. The average Bonchev–Trinajstić information content (AvgIpc) is 2.37. The summed E-state index contributed by atoms with van der Waals surface area (Å²) in [6.07, 6.45) is 4.99. The fourth-order valence-corrected chi connectivity index (χ4v) is 2.36. The molecule has 19 heavy (non-hydrogen) atoms. The van der Waals surface area contributed by atoms with Crippen molar-refractivity contribution in [3.63, 3.8) is 0 Å². The van der Waals surface area contributed by atoms with Crippen molar-refractivity contribution in [3.8, 4) is 0 Å². The van der Waals surface area contributed by atoms with Crippen LogP contribution in [0.3, 0.4) is 0 Å². The van der Waals surface area contributed by atoms with E-state index in [2.05, 4.69) is 64.0 Å². The Morgan fingerprint density at radius 1 is 1.16 bits per heavy atom. The second-order valence-electron chi connectivity index (χ2n) is 6.74. The lowest BCUT2D eigenvalue weighted by Crippen LogP contribution is -2.37. The molecule has 1 aromatic heterocycles. The van der Waals surface area contributed by atoms with Crippen LogP contribution >= 0.6 is 0 Å². The smallest absolute Gasteiger partial charge is 0.0270 e. The van der Waals surface area contributed by atoms with E-state index in [0.29, 0.717) is 23.3 Å². The number of pyridine rings is 1. The SMILES string of the molecule is CCNC(CC(C)C(C)(C)C)C(C)c1ccncc1. The van der Waals surface area contributed by atoms with Gasteiger partial charge in [-0.25, -0.2) is 0 Å². The predicted octanol–water partition coefficient (Wildman–Crippen LogP) is 4.24. The molecule has 0 aliphatic rings. The molecule has 1 heterocycles. The number of nitrogens with zero attached hydrogens (tertiary/aromatic N) is 1. The van der Waals surface area contributed by atoms with Crippen LogP contribution in [0.4, 0.5) is 0 Å². The van der Waals surface area contributed by atoms with Gasteiger partial charge in [-0.15, -0.1) is 0 Å². The van der Waals surface area contributed by atoms with E-state index in [0.717, 1.165) is 6.54 Å². The molecule has 0 fully saturated rings. The number of likely N-dealkylation sites (N-methyl/N-ethyl adjacent to an activating group) is 1. The zero-order valence-corrected chi connectivity index (χ0v) is 13.4. The van der Waals surface area contributed by atoms with Gasteiger partial charge < -0.3 is 5.32 Å². The van der Waals surface area contributed by atoms with Gasteiger partial charge in [-0.3, -0.25) is 4.98 Å². The molecule has 0 bridgehead atoms. The van der Waals surface area contributed by atoms with Crippen LogP contribution in [-0.4, -0.2) is 17.6 Å². The Bertz CT molecular complexity index is 353. The minimum absolute atomic E-state index is 0.367. The number of hydrogen-bond donors (Lipinski definition) is 1. The first kappa shape index (κ1) is 16.2. The van der Waals surface area contributed by atoms with Crippen LogP contribution in [0, 0.1) is 11.3 Å². The number of nitrogens with one attached hydrogen (secondary N) is 1. The van der Waals surface area contributed by atoms with Crippen LogP contribution < -0.4 is 5.32 Å². The van der Waals surface area contributed by atoms with Crippen LogP contribution in [0.2, 0.25) is 0 Å². The summed E-state index contributed by atoms with van der Waals surface area (Å²) in [4.78, 5) is 4.11. The Hall–Kier alpha value is -0.890. The summed E-state index contributed by atoms with van der Waals surface area (Å²) in [5.74, 6) is 1.22. The fraction of sp³-hybridized carbons (Fsp3) is 0.706. The van der Waals surface area contributed by atoms with Crippen LogP contribution in [0.15, 0.2) is 24.5 Å². The molecule has 3 atom stereocenters. The lowest BCUT2D eigenvalue weighted by atomic mass is 9.76. The van der Waals surface area contributed by atoms with Crippen molar-refractivity contribution < 1.29 is 0 Å². The van der Waals surface area contributed by atoms with Crippen molar-refractivity contribution in [2.45, 2.75) is 59.9 Å². The number of hydrogen-bond acceptors (Lipinski definition) is 2. The molecule has 2 heteroatoms. The second kappa shape index (κ2) is 7.04. The van der Waals surface area contributed by atoms with Crippen LogP contribution in [0.1, 0.15) is 59.4 Å². The molecule has 0 spiro atoms. The van der Waals surface area contributed by atoms with Gasteiger partial charge in [0.2, 0.25) is 0 Å². The standard InChI is InChI=1S/C17H30N2/c1-7-19-16(12-13(2)17(4,5)6)14(3)15-8-10-18-11-9-15/h8-11,13-14,16,19H,7,12H2,1-6H3. The molecule has 0 aliphatic heterocycles. The molecule has 0 saturated carbocycles. The van der Waals surface area contributed by atoms with E-state index in [-0.39, 0.29) is 0 Å². The van der Waals surface area contributed by atoms with E-state index < -0.39 is 0 Å². The summed E-state index contributed by atoms with van der Waals surface area (Å²) in [6.45, 7) is 14.9. The van der Waals surface area contributed by atoms with Crippen molar-refractivity contribution >= 4 is 0 Å². The van der Waals surface area contributed by atoms with Crippen molar-refractivity contribution in [2.24, 2.45) is 11.3 Å². The van der Waals surface area contributed by atoms with E-state index in [1.54, 1.807) is 0 Å². The van der Waals surface area contributed by atoms with Gasteiger partial charge in [-0.2, -0.15) is 0 Å². The van der Waals surface area contributed by atoms with Crippen LogP contribution in [-0.2, 0) is 0 Å². The maximum atomic E-state index is 4.11. The number of rotatable bonds is 6. The predicted molar refractivity (Wildman–Crippen MR) is 83.4 cm³/mol. The van der Waals surface area contributed by atoms with Gasteiger partial charge in [-0.05, 0) is 47.9 Å². The first-order valence-electron chi connectivity index (χ1n) is 7.49. The first-order valence-corrected chi connectivity index (χ1v) is 7.49. The third kappa shape index (κ3) is 4.94. The maximum Gasteiger partial charge on any atom is 0.0270 e. The van der Waals surface area contributed by atoms with Gasteiger partial charge in [0.1, 0.15) is 0 Å².